The number of fused-ring (bicyclic) bond motifs is 1. The number of ether oxygens (including phenoxy) is 1. The largest absolute Gasteiger partial charge is 1.00 e. The maximum Gasteiger partial charge on any atom is 1.00 e. The molecule has 0 saturated heterocycles. The van der Waals surface area contributed by atoms with Gasteiger partial charge in [0.25, 0.3) is 0 Å². The van der Waals surface area contributed by atoms with Crippen LogP contribution in [-0.4, -0.2) is 55.5 Å². The topological polar surface area (TPSA) is 225 Å². The molecule has 16 nitrogen and oxygen atoms in total. The van der Waals surface area contributed by atoms with Gasteiger partial charge < -0.3 is 40.3 Å². The van der Waals surface area contributed by atoms with Gasteiger partial charge in [0, 0.05) is 46.0 Å². The summed E-state index contributed by atoms with van der Waals surface area (Å²) in [7, 11) is -3.96. The Hall–Kier alpha value is -2.50. The van der Waals surface area contributed by atoms with Crippen LogP contribution >= 0.6 is 23.6 Å². The molecule has 4 aromatic carbocycles. The molecule has 0 aromatic heterocycles. The predicted octanol–water partition coefficient (Wildman–Crippen LogP) is -0.286. The third kappa shape index (κ3) is 11.3. The molecule has 0 fully saturated rings. The van der Waals surface area contributed by atoms with E-state index in [0.717, 1.165) is 18.2 Å². The first kappa shape index (κ1) is 46.7. The zero-order valence-corrected chi connectivity index (χ0v) is 35.4. The number of phenolic OH excluding ortho intramolecular Hbond substituents is 2. The number of nitrogens with zero attached hydrogens (tertiary/aromatic N) is 5. The molecule has 0 bridgehead atoms. The summed E-state index contributed by atoms with van der Waals surface area (Å²) in [4.78, 5) is 9.04. The number of guanidine groups is 1. The molecule has 0 aliphatic carbocycles. The second-order valence-electron chi connectivity index (χ2n) is 10.0. The van der Waals surface area contributed by atoms with Gasteiger partial charge in [0.15, 0.2) is 12.2 Å². The Morgan fingerprint density at radius 3 is 2.45 bits per heavy atom. The fraction of sp³-hybridized carbons (Fsp3) is 0.133. The van der Waals surface area contributed by atoms with Crippen LogP contribution in [0.2, 0.25) is 0 Å². The molecular formula is C30H25ClCuFN7Na2O9S2. The van der Waals surface area contributed by atoms with E-state index >= 15 is 0 Å². The van der Waals surface area contributed by atoms with Gasteiger partial charge in [0.2, 0.25) is 12.3 Å². The Bertz CT molecular complexity index is 2160. The van der Waals surface area contributed by atoms with Gasteiger partial charge in [-0.25, -0.2) is 22.8 Å². The second-order valence-corrected chi connectivity index (χ2v) is 12.5. The van der Waals surface area contributed by atoms with Crippen molar-refractivity contribution in [3.63, 3.8) is 0 Å². The summed E-state index contributed by atoms with van der Waals surface area (Å²) in [5, 5.41) is 48.8. The average Bonchev–Trinajstić information content (AvgIpc) is 3.08. The molecule has 4 aromatic rings. The maximum absolute atomic E-state index is 14.9. The van der Waals surface area contributed by atoms with Gasteiger partial charge in [0.1, 0.15) is 38.1 Å². The molecule has 0 saturated carbocycles. The molecule has 1 aliphatic heterocycles. The van der Waals surface area contributed by atoms with E-state index in [0.29, 0.717) is 18.6 Å². The number of phenols is 2. The van der Waals surface area contributed by atoms with Crippen LogP contribution in [0.4, 0.5) is 32.8 Å². The number of alkyl halides is 1. The zero-order chi connectivity index (χ0) is 36.0. The van der Waals surface area contributed by atoms with Crippen LogP contribution in [0.5, 0.6) is 11.5 Å². The Morgan fingerprint density at radius 1 is 1.11 bits per heavy atom. The standard InChI is InChI=1S/C30H27ClFN7O9S2.Cu.2Na/c1-3-39(18-7-5-4-6-8-18)30-35-28(32)25(31)29(36-30)34-17-9-10-20(22(40)13-17)37-38-26-23(50(43,44)45)12-16-11-19(49-48-47-42)14-21(33-15-46-2)24(16)27(26)41;;;/h4-15,28,34,40-42H,3H2,1-2H3,(H,35,36)(H,43,44,45);;;/q;;2*+1/p-2. The number of halogens is 2. The third-order valence-corrected chi connectivity index (χ3v) is 8.66. The van der Waals surface area contributed by atoms with Crippen LogP contribution in [0.25, 0.3) is 10.8 Å². The molecule has 5 rings (SSSR count). The van der Waals surface area contributed by atoms with Crippen molar-refractivity contribution in [2.75, 3.05) is 23.9 Å². The average molecular weight is 856 g/mol. The van der Waals surface area contributed by atoms with Crippen molar-refractivity contribution in [2.45, 2.75) is 23.0 Å². The monoisotopic (exact) mass is 854 g/mol. The van der Waals surface area contributed by atoms with E-state index in [1.165, 1.54) is 37.4 Å². The van der Waals surface area contributed by atoms with E-state index in [9.17, 15) is 32.8 Å². The van der Waals surface area contributed by atoms with E-state index in [4.69, 9.17) is 16.3 Å². The van der Waals surface area contributed by atoms with Crippen molar-refractivity contribution in [3.8, 4) is 11.5 Å². The van der Waals surface area contributed by atoms with Crippen LogP contribution in [-0.2, 0) is 41.3 Å². The fourth-order valence-corrected chi connectivity index (χ4v) is 5.98. The number of aliphatic imine (C=N–C) groups is 2. The van der Waals surface area contributed by atoms with Crippen LogP contribution in [0.1, 0.15) is 6.92 Å². The minimum absolute atomic E-state index is 0. The molecule has 23 heteroatoms. The Kier molecular flexibility index (Phi) is 18.5. The first-order valence-electron chi connectivity index (χ1n) is 14.2. The van der Waals surface area contributed by atoms with Crippen LogP contribution in [0.15, 0.2) is 108 Å². The smallest absolute Gasteiger partial charge is 0.744 e. The molecule has 1 heterocycles. The van der Waals surface area contributed by atoms with E-state index in [1.807, 2.05) is 37.3 Å². The second kappa shape index (κ2) is 21.0. The Labute approximate surface area is 366 Å². The molecule has 1 atom stereocenters. The Morgan fingerprint density at radius 2 is 1.83 bits per heavy atom. The predicted molar refractivity (Wildman–Crippen MR) is 180 cm³/mol. The number of aromatic hydroxyl groups is 2. The van der Waals surface area contributed by atoms with Crippen molar-refractivity contribution in [3.05, 3.63) is 77.6 Å². The normalized spacial score (nSPS) is 14.2. The molecule has 0 spiro atoms. The van der Waals surface area contributed by atoms with Gasteiger partial charge in [-0.2, -0.15) is 4.33 Å². The number of para-hydroxylation sites is 1. The van der Waals surface area contributed by atoms with Gasteiger partial charge in [-0.05, 0) is 54.8 Å². The summed E-state index contributed by atoms with van der Waals surface area (Å²) in [6, 6.07) is 16.6. The molecular weight excluding hydrogens is 830 g/mol. The van der Waals surface area contributed by atoms with Gasteiger partial charge in [-0.15, -0.1) is 10.2 Å². The number of azo groups is 1. The quantitative estimate of drug-likeness (QED) is 0.0166. The maximum atomic E-state index is 14.9. The van der Waals surface area contributed by atoms with Gasteiger partial charge in [-0.1, -0.05) is 29.8 Å². The van der Waals surface area contributed by atoms with Crippen LogP contribution < -0.4 is 79.9 Å². The van der Waals surface area contributed by atoms with E-state index in [1.54, 1.807) is 4.90 Å². The van der Waals surface area contributed by atoms with Crippen molar-refractivity contribution in [2.24, 2.45) is 20.2 Å². The molecule has 1 aliphatic rings. The summed E-state index contributed by atoms with van der Waals surface area (Å²) >= 11 is 6.68. The van der Waals surface area contributed by atoms with Crippen molar-refractivity contribution >= 4 is 85.3 Å². The number of rotatable bonds is 12. The van der Waals surface area contributed by atoms with E-state index in [-0.39, 0.29) is 126 Å². The molecule has 1 radical (unpaired) electrons. The molecule has 273 valence electrons. The first-order valence-corrected chi connectivity index (χ1v) is 16.7. The first-order chi connectivity index (χ1) is 23.9. The zero-order valence-electron chi connectivity index (χ0n) is 28.1. The summed E-state index contributed by atoms with van der Waals surface area (Å²) in [5.41, 5.74) is 0.0434. The van der Waals surface area contributed by atoms with Crippen molar-refractivity contribution in [1.82, 2.24) is 5.32 Å². The van der Waals surface area contributed by atoms with Crippen LogP contribution in [0, 0.1) is 0 Å². The van der Waals surface area contributed by atoms with Crippen molar-refractivity contribution < 1.29 is 123 Å². The van der Waals surface area contributed by atoms with Gasteiger partial charge in [-0.3, -0.25) is 5.04 Å². The third-order valence-electron chi connectivity index (χ3n) is 6.89. The van der Waals surface area contributed by atoms with Crippen LogP contribution in [0.3, 0.4) is 0 Å². The summed E-state index contributed by atoms with van der Waals surface area (Å²) in [6.07, 6.45) is -0.876. The number of hydrogen-bond acceptors (Lipinski definition) is 17. The SMILES string of the molecule is CCN(C1=NC(F)C(Cl)=C(Nc2ccc(N=Nc3c(S(=O)(=O)[O-])cc4cc(SOO[O-])cc(N=COC)c4c3O)c(O)c2)N1)c1ccccc1.[Cu].[Na+].[Na+]. The number of nitrogens with one attached hydrogen (secondary N) is 2. The summed E-state index contributed by atoms with van der Waals surface area (Å²) in [5.74, 6) is -1.03. The molecule has 1 unspecified atom stereocenters. The van der Waals surface area contributed by atoms with E-state index < -0.39 is 38.5 Å². The number of anilines is 2. The minimum atomic E-state index is -5.27. The van der Waals surface area contributed by atoms with Gasteiger partial charge in [0.05, 0.1) is 35.1 Å². The molecule has 53 heavy (non-hydrogen) atoms. The Balaban J connectivity index is 0.00000324. The fourth-order valence-electron chi connectivity index (χ4n) is 4.75. The molecule has 0 amide bonds. The van der Waals surface area contributed by atoms with Gasteiger partial charge >= 0.3 is 59.1 Å². The van der Waals surface area contributed by atoms with Crippen molar-refractivity contribution in [1.29, 1.82) is 0 Å². The number of methoxy groups -OCH3 is 1. The summed E-state index contributed by atoms with van der Waals surface area (Å²) < 4.78 is 60.9. The number of hydrogen-bond donors (Lipinski definition) is 4. The number of benzene rings is 4. The minimum Gasteiger partial charge on any atom is -0.744 e. The molecule has 4 N–H and O–H groups in total. The van der Waals surface area contributed by atoms with E-state index in [2.05, 4.69) is 40.2 Å². The summed E-state index contributed by atoms with van der Waals surface area (Å²) in [6.45, 7) is 2.31.